The first-order chi connectivity index (χ1) is 8.95. The van der Waals surface area contributed by atoms with E-state index in [1.54, 1.807) is 0 Å². The van der Waals surface area contributed by atoms with Crippen molar-refractivity contribution in [1.82, 2.24) is 5.32 Å². The Hall–Kier alpha value is -0.0800. The molecule has 2 nitrogen and oxygen atoms in total. The first-order valence-electron chi connectivity index (χ1n) is 8.43. The van der Waals surface area contributed by atoms with E-state index >= 15 is 0 Å². The predicted octanol–water partition coefficient (Wildman–Crippen LogP) is 3.84. The standard InChI is InChI=1S/C17H34N2/c1-16(2,3)14-9-11-17(13-18,12-10-14)19-15-7-5-4-6-8-15/h14-15,19H,4-13,18H2,1-3H3. The summed E-state index contributed by atoms with van der Waals surface area (Å²) in [6, 6.07) is 0.739. The Balaban J connectivity index is 1.90. The third-order valence-corrected chi connectivity index (χ3v) is 5.67. The van der Waals surface area contributed by atoms with Crippen molar-refractivity contribution in [2.75, 3.05) is 6.54 Å². The van der Waals surface area contributed by atoms with Crippen LogP contribution in [0.1, 0.15) is 78.6 Å². The molecule has 0 spiro atoms. The second kappa shape index (κ2) is 6.13. The summed E-state index contributed by atoms with van der Waals surface area (Å²) < 4.78 is 0. The first kappa shape index (κ1) is 15.3. The molecule has 0 atom stereocenters. The molecule has 19 heavy (non-hydrogen) atoms. The maximum atomic E-state index is 6.15. The van der Waals surface area contributed by atoms with Crippen LogP contribution >= 0.6 is 0 Å². The Bertz CT molecular complexity index is 265. The lowest BCUT2D eigenvalue weighted by Crippen LogP contribution is -2.57. The molecular formula is C17H34N2. The Morgan fingerprint density at radius 2 is 1.58 bits per heavy atom. The largest absolute Gasteiger partial charge is 0.329 e. The monoisotopic (exact) mass is 266 g/mol. The Kier molecular flexibility index (Phi) is 4.94. The van der Waals surface area contributed by atoms with E-state index in [1.165, 1.54) is 57.8 Å². The highest BCUT2D eigenvalue weighted by atomic mass is 15.0. The molecule has 2 saturated carbocycles. The van der Waals surface area contributed by atoms with Crippen LogP contribution in [0.2, 0.25) is 0 Å². The SMILES string of the molecule is CC(C)(C)C1CCC(CN)(NC2CCCCC2)CC1. The third-order valence-electron chi connectivity index (χ3n) is 5.67. The Morgan fingerprint density at radius 1 is 1.00 bits per heavy atom. The van der Waals surface area contributed by atoms with E-state index < -0.39 is 0 Å². The molecule has 0 aromatic heterocycles. The van der Waals surface area contributed by atoms with Crippen molar-refractivity contribution in [2.24, 2.45) is 17.1 Å². The van der Waals surface area contributed by atoms with Crippen LogP contribution in [0.3, 0.4) is 0 Å². The Morgan fingerprint density at radius 3 is 2.05 bits per heavy atom. The fraction of sp³-hybridized carbons (Fsp3) is 1.00. The van der Waals surface area contributed by atoms with Gasteiger partial charge < -0.3 is 11.1 Å². The fourth-order valence-electron chi connectivity index (χ4n) is 4.12. The zero-order valence-electron chi connectivity index (χ0n) is 13.3. The molecule has 2 fully saturated rings. The van der Waals surface area contributed by atoms with Crippen LogP contribution in [-0.2, 0) is 0 Å². The van der Waals surface area contributed by atoms with Gasteiger partial charge in [-0.3, -0.25) is 0 Å². The number of nitrogens with one attached hydrogen (secondary N) is 1. The number of rotatable bonds is 3. The van der Waals surface area contributed by atoms with Crippen LogP contribution in [0.15, 0.2) is 0 Å². The maximum absolute atomic E-state index is 6.15. The van der Waals surface area contributed by atoms with Gasteiger partial charge in [0.15, 0.2) is 0 Å². The molecule has 0 aliphatic heterocycles. The second-order valence-corrected chi connectivity index (χ2v) is 8.10. The minimum absolute atomic E-state index is 0.254. The summed E-state index contributed by atoms with van der Waals surface area (Å²) in [5.41, 5.74) is 6.87. The predicted molar refractivity (Wildman–Crippen MR) is 83.2 cm³/mol. The maximum Gasteiger partial charge on any atom is 0.0306 e. The van der Waals surface area contributed by atoms with Gasteiger partial charge in [-0.15, -0.1) is 0 Å². The quantitative estimate of drug-likeness (QED) is 0.814. The van der Waals surface area contributed by atoms with Crippen LogP contribution in [0.25, 0.3) is 0 Å². The van der Waals surface area contributed by atoms with Gasteiger partial charge in [-0.2, -0.15) is 0 Å². The van der Waals surface area contributed by atoms with E-state index in [4.69, 9.17) is 5.73 Å². The topological polar surface area (TPSA) is 38.0 Å². The van der Waals surface area contributed by atoms with Gasteiger partial charge in [-0.05, 0) is 49.9 Å². The molecule has 2 rings (SSSR count). The van der Waals surface area contributed by atoms with Gasteiger partial charge in [-0.25, -0.2) is 0 Å². The van der Waals surface area contributed by atoms with Crippen LogP contribution < -0.4 is 11.1 Å². The van der Waals surface area contributed by atoms with Crippen LogP contribution in [0.4, 0.5) is 0 Å². The highest BCUT2D eigenvalue weighted by molar-refractivity contribution is 4.97. The molecule has 0 aromatic rings. The number of nitrogens with two attached hydrogens (primary N) is 1. The molecule has 0 radical (unpaired) electrons. The highest BCUT2D eigenvalue weighted by Crippen LogP contribution is 2.41. The third kappa shape index (κ3) is 3.95. The van der Waals surface area contributed by atoms with Gasteiger partial charge in [0, 0.05) is 18.1 Å². The molecule has 0 aromatic carbocycles. The van der Waals surface area contributed by atoms with E-state index in [0.29, 0.717) is 5.41 Å². The lowest BCUT2D eigenvalue weighted by Gasteiger charge is -2.46. The molecule has 2 heteroatoms. The molecule has 0 saturated heterocycles. The van der Waals surface area contributed by atoms with E-state index in [-0.39, 0.29) is 5.54 Å². The zero-order valence-corrected chi connectivity index (χ0v) is 13.3. The summed E-state index contributed by atoms with van der Waals surface area (Å²) in [4.78, 5) is 0. The van der Waals surface area contributed by atoms with Crippen LogP contribution in [0, 0.1) is 11.3 Å². The van der Waals surface area contributed by atoms with Gasteiger partial charge in [0.2, 0.25) is 0 Å². The van der Waals surface area contributed by atoms with Crippen LogP contribution in [-0.4, -0.2) is 18.1 Å². The molecule has 0 bridgehead atoms. The van der Waals surface area contributed by atoms with Crippen molar-refractivity contribution in [3.8, 4) is 0 Å². The van der Waals surface area contributed by atoms with Crippen molar-refractivity contribution in [2.45, 2.75) is 90.1 Å². The van der Waals surface area contributed by atoms with Crippen LogP contribution in [0.5, 0.6) is 0 Å². The van der Waals surface area contributed by atoms with E-state index in [0.717, 1.165) is 18.5 Å². The first-order valence-corrected chi connectivity index (χ1v) is 8.43. The summed E-state index contributed by atoms with van der Waals surface area (Å²) in [5, 5.41) is 3.97. The van der Waals surface area contributed by atoms with E-state index in [9.17, 15) is 0 Å². The zero-order chi connectivity index (χ0) is 13.9. The van der Waals surface area contributed by atoms with Crippen molar-refractivity contribution >= 4 is 0 Å². The van der Waals surface area contributed by atoms with Crippen molar-refractivity contribution in [3.63, 3.8) is 0 Å². The second-order valence-electron chi connectivity index (χ2n) is 8.10. The average Bonchev–Trinajstić information content (AvgIpc) is 2.39. The molecule has 112 valence electrons. The molecular weight excluding hydrogens is 232 g/mol. The molecule has 0 heterocycles. The molecule has 2 aliphatic rings. The van der Waals surface area contributed by atoms with E-state index in [1.807, 2.05) is 0 Å². The Labute approximate surface area is 119 Å². The summed E-state index contributed by atoms with van der Waals surface area (Å²) in [6.07, 6.45) is 12.2. The van der Waals surface area contributed by atoms with Gasteiger partial charge in [0.05, 0.1) is 0 Å². The van der Waals surface area contributed by atoms with Gasteiger partial charge in [-0.1, -0.05) is 40.0 Å². The lowest BCUT2D eigenvalue weighted by molar-refractivity contribution is 0.105. The normalized spacial score (nSPS) is 34.4. The van der Waals surface area contributed by atoms with E-state index in [2.05, 4.69) is 26.1 Å². The molecule has 3 N–H and O–H groups in total. The lowest BCUT2D eigenvalue weighted by atomic mass is 9.67. The number of hydrogen-bond donors (Lipinski definition) is 2. The minimum atomic E-state index is 0.254. The number of hydrogen-bond acceptors (Lipinski definition) is 2. The van der Waals surface area contributed by atoms with Crippen molar-refractivity contribution < 1.29 is 0 Å². The summed E-state index contributed by atoms with van der Waals surface area (Å²) >= 11 is 0. The highest BCUT2D eigenvalue weighted by Gasteiger charge is 2.38. The molecule has 2 aliphatic carbocycles. The van der Waals surface area contributed by atoms with Crippen molar-refractivity contribution in [3.05, 3.63) is 0 Å². The summed E-state index contributed by atoms with van der Waals surface area (Å²) in [7, 11) is 0. The van der Waals surface area contributed by atoms with Gasteiger partial charge in [0.25, 0.3) is 0 Å². The summed E-state index contributed by atoms with van der Waals surface area (Å²) in [6.45, 7) is 7.99. The average molecular weight is 266 g/mol. The van der Waals surface area contributed by atoms with Gasteiger partial charge in [0.1, 0.15) is 0 Å². The smallest absolute Gasteiger partial charge is 0.0306 e. The van der Waals surface area contributed by atoms with Crippen molar-refractivity contribution in [1.29, 1.82) is 0 Å². The fourth-order valence-corrected chi connectivity index (χ4v) is 4.12. The summed E-state index contributed by atoms with van der Waals surface area (Å²) in [5.74, 6) is 0.875. The molecule has 0 unspecified atom stereocenters. The van der Waals surface area contributed by atoms with Gasteiger partial charge >= 0.3 is 0 Å². The molecule has 0 amide bonds. The minimum Gasteiger partial charge on any atom is -0.329 e.